The average molecular weight is 215 g/mol. The van der Waals surface area contributed by atoms with Crippen LogP contribution >= 0.6 is 23.8 Å². The van der Waals surface area contributed by atoms with Crippen LogP contribution in [0.3, 0.4) is 0 Å². The average Bonchev–Trinajstić information content (AvgIpc) is 1.98. The van der Waals surface area contributed by atoms with Gasteiger partial charge < -0.3 is 4.74 Å². The second-order valence-electron chi connectivity index (χ2n) is 3.04. The predicted octanol–water partition coefficient (Wildman–Crippen LogP) is 3.51. The number of hydrogen-bond donors (Lipinski definition) is 0. The Morgan fingerprint density at radius 1 is 1.31 bits per heavy atom. The van der Waals surface area contributed by atoms with Gasteiger partial charge in [0.25, 0.3) is 4.51 Å². The second-order valence-corrected chi connectivity index (χ2v) is 3.98. The highest BCUT2D eigenvalue weighted by molar-refractivity contribution is 7.82. The van der Waals surface area contributed by atoms with E-state index in [4.69, 9.17) is 16.3 Å². The molecule has 0 saturated heterocycles. The standard InChI is InChI=1S/C10H11ClOS/c1-6-4-7(2)8(3)9(5-6)12-10(11)13/h4-5H,1-3H3. The Morgan fingerprint density at radius 3 is 2.46 bits per heavy atom. The van der Waals surface area contributed by atoms with E-state index in [1.807, 2.05) is 26.8 Å². The van der Waals surface area contributed by atoms with Gasteiger partial charge in [-0.15, -0.1) is 0 Å². The predicted molar refractivity (Wildman–Crippen MR) is 59.7 cm³/mol. The minimum atomic E-state index is 0.0353. The molecule has 1 aromatic carbocycles. The molecule has 1 rings (SSSR count). The molecule has 1 nitrogen and oxygen atoms in total. The van der Waals surface area contributed by atoms with Gasteiger partial charge in [0.1, 0.15) is 5.75 Å². The molecule has 70 valence electrons. The van der Waals surface area contributed by atoms with Gasteiger partial charge in [-0.2, -0.15) is 0 Å². The number of aryl methyl sites for hydroxylation is 2. The van der Waals surface area contributed by atoms with Gasteiger partial charge in [0.05, 0.1) is 0 Å². The van der Waals surface area contributed by atoms with E-state index in [1.54, 1.807) is 0 Å². The molecular weight excluding hydrogens is 204 g/mol. The van der Waals surface area contributed by atoms with E-state index < -0.39 is 0 Å². The molecule has 0 aliphatic rings. The molecule has 0 radical (unpaired) electrons. The van der Waals surface area contributed by atoms with Crippen molar-refractivity contribution in [2.24, 2.45) is 0 Å². The highest BCUT2D eigenvalue weighted by Gasteiger charge is 2.04. The maximum absolute atomic E-state index is 5.50. The lowest BCUT2D eigenvalue weighted by atomic mass is 10.1. The first kappa shape index (κ1) is 10.5. The van der Waals surface area contributed by atoms with Crippen LogP contribution in [0.25, 0.3) is 0 Å². The Kier molecular flexibility index (Phi) is 3.28. The molecule has 0 fully saturated rings. The van der Waals surface area contributed by atoms with Crippen molar-refractivity contribution < 1.29 is 4.74 Å². The topological polar surface area (TPSA) is 9.23 Å². The molecule has 0 saturated carbocycles. The van der Waals surface area contributed by atoms with E-state index in [0.717, 1.165) is 16.9 Å². The van der Waals surface area contributed by atoms with E-state index in [0.29, 0.717) is 0 Å². The molecule has 0 atom stereocenters. The van der Waals surface area contributed by atoms with Gasteiger partial charge in [-0.25, -0.2) is 0 Å². The number of hydrogen-bond acceptors (Lipinski definition) is 2. The molecule has 0 bridgehead atoms. The van der Waals surface area contributed by atoms with E-state index in [-0.39, 0.29) is 4.51 Å². The maximum Gasteiger partial charge on any atom is 0.260 e. The van der Waals surface area contributed by atoms with Gasteiger partial charge in [0.15, 0.2) is 0 Å². The first-order chi connectivity index (χ1) is 6.00. The number of ether oxygens (including phenoxy) is 1. The van der Waals surface area contributed by atoms with Gasteiger partial charge in [-0.3, -0.25) is 0 Å². The number of thiocarbonyl (C=S) groups is 1. The monoisotopic (exact) mass is 214 g/mol. The smallest absolute Gasteiger partial charge is 0.260 e. The van der Waals surface area contributed by atoms with Gasteiger partial charge in [0, 0.05) is 0 Å². The Labute approximate surface area is 88.7 Å². The van der Waals surface area contributed by atoms with E-state index in [2.05, 4.69) is 18.3 Å². The van der Waals surface area contributed by atoms with Crippen LogP contribution in [0.1, 0.15) is 16.7 Å². The van der Waals surface area contributed by atoms with Crippen molar-refractivity contribution in [3.8, 4) is 5.75 Å². The summed E-state index contributed by atoms with van der Waals surface area (Å²) in [6.45, 7) is 6.03. The van der Waals surface area contributed by atoms with Crippen LogP contribution in [0.4, 0.5) is 0 Å². The molecule has 3 heteroatoms. The Bertz CT molecular complexity index is 347. The SMILES string of the molecule is Cc1cc(C)c(C)c(OC(=S)Cl)c1. The molecule has 0 unspecified atom stereocenters. The number of benzene rings is 1. The van der Waals surface area contributed by atoms with Crippen LogP contribution in [0.2, 0.25) is 0 Å². The lowest BCUT2D eigenvalue weighted by Gasteiger charge is -2.09. The van der Waals surface area contributed by atoms with Gasteiger partial charge in [-0.1, -0.05) is 6.07 Å². The summed E-state index contributed by atoms with van der Waals surface area (Å²) in [7, 11) is 0. The van der Waals surface area contributed by atoms with Gasteiger partial charge >= 0.3 is 0 Å². The van der Waals surface area contributed by atoms with Gasteiger partial charge in [0.2, 0.25) is 0 Å². The quantitative estimate of drug-likeness (QED) is 0.523. The van der Waals surface area contributed by atoms with Crippen molar-refractivity contribution in [2.45, 2.75) is 20.8 Å². The largest absolute Gasteiger partial charge is 0.435 e. The zero-order chi connectivity index (χ0) is 10.0. The van der Waals surface area contributed by atoms with Crippen LogP contribution < -0.4 is 4.74 Å². The Morgan fingerprint density at radius 2 is 1.92 bits per heavy atom. The van der Waals surface area contributed by atoms with Crippen LogP contribution in [0.15, 0.2) is 12.1 Å². The zero-order valence-corrected chi connectivity index (χ0v) is 9.42. The lowest BCUT2D eigenvalue weighted by Crippen LogP contribution is -1.99. The zero-order valence-electron chi connectivity index (χ0n) is 7.85. The summed E-state index contributed by atoms with van der Waals surface area (Å²) in [6.07, 6.45) is 0. The molecule has 0 aliphatic heterocycles. The third kappa shape index (κ3) is 2.68. The highest BCUT2D eigenvalue weighted by Crippen LogP contribution is 2.23. The summed E-state index contributed by atoms with van der Waals surface area (Å²) >= 11 is 10.2. The van der Waals surface area contributed by atoms with Crippen molar-refractivity contribution in [3.63, 3.8) is 0 Å². The fourth-order valence-corrected chi connectivity index (χ4v) is 1.37. The van der Waals surface area contributed by atoms with Crippen molar-refractivity contribution in [3.05, 3.63) is 28.8 Å². The minimum Gasteiger partial charge on any atom is -0.435 e. The van der Waals surface area contributed by atoms with Crippen LogP contribution in [0.5, 0.6) is 5.75 Å². The fraction of sp³-hybridized carbons (Fsp3) is 0.300. The number of rotatable bonds is 1. The van der Waals surface area contributed by atoms with Crippen LogP contribution in [0, 0.1) is 20.8 Å². The third-order valence-electron chi connectivity index (χ3n) is 1.95. The molecule has 0 heterocycles. The Hall–Kier alpha value is -0.600. The summed E-state index contributed by atoms with van der Waals surface area (Å²) in [6, 6.07) is 4.02. The summed E-state index contributed by atoms with van der Waals surface area (Å²) in [4.78, 5) is 0. The first-order valence-electron chi connectivity index (χ1n) is 3.96. The summed E-state index contributed by atoms with van der Waals surface area (Å²) < 4.78 is 5.24. The van der Waals surface area contributed by atoms with E-state index in [1.165, 1.54) is 5.56 Å². The van der Waals surface area contributed by atoms with E-state index >= 15 is 0 Å². The lowest BCUT2D eigenvalue weighted by molar-refractivity contribution is 0.571. The minimum absolute atomic E-state index is 0.0353. The van der Waals surface area contributed by atoms with E-state index in [9.17, 15) is 0 Å². The van der Waals surface area contributed by atoms with Crippen molar-refractivity contribution in [1.82, 2.24) is 0 Å². The second kappa shape index (κ2) is 4.07. The van der Waals surface area contributed by atoms with Gasteiger partial charge in [-0.05, 0) is 67.3 Å². The summed E-state index contributed by atoms with van der Waals surface area (Å²) in [5.74, 6) is 0.748. The third-order valence-corrected chi connectivity index (χ3v) is 2.11. The molecule has 0 amide bonds. The van der Waals surface area contributed by atoms with Crippen molar-refractivity contribution in [2.75, 3.05) is 0 Å². The molecule has 0 aromatic heterocycles. The molecular formula is C10H11ClOS. The van der Waals surface area contributed by atoms with Crippen molar-refractivity contribution in [1.29, 1.82) is 0 Å². The molecule has 0 aliphatic carbocycles. The first-order valence-corrected chi connectivity index (χ1v) is 4.74. The molecule has 0 N–H and O–H groups in total. The highest BCUT2D eigenvalue weighted by atomic mass is 35.5. The van der Waals surface area contributed by atoms with Crippen LogP contribution in [-0.4, -0.2) is 4.51 Å². The van der Waals surface area contributed by atoms with Crippen LogP contribution in [-0.2, 0) is 0 Å². The molecule has 13 heavy (non-hydrogen) atoms. The molecule has 1 aromatic rings. The normalized spacial score (nSPS) is 9.85. The Balaban J connectivity index is 3.12. The number of halogens is 1. The fourth-order valence-electron chi connectivity index (χ4n) is 1.19. The molecule has 0 spiro atoms. The summed E-state index contributed by atoms with van der Waals surface area (Å²) in [5.41, 5.74) is 3.41. The van der Waals surface area contributed by atoms with Crippen molar-refractivity contribution >= 4 is 28.3 Å². The summed E-state index contributed by atoms with van der Waals surface area (Å²) in [5, 5.41) is 0. The maximum atomic E-state index is 5.50.